The molecule has 2 unspecified atom stereocenters. The van der Waals surface area contributed by atoms with Gasteiger partial charge in [0.05, 0.1) is 15.9 Å². The van der Waals surface area contributed by atoms with Crippen LogP contribution >= 0.6 is 23.4 Å². The highest BCUT2D eigenvalue weighted by Gasteiger charge is 2.40. The van der Waals surface area contributed by atoms with Gasteiger partial charge in [-0.15, -0.1) is 11.8 Å². The van der Waals surface area contributed by atoms with Crippen LogP contribution in [0.25, 0.3) is 0 Å². The van der Waals surface area contributed by atoms with Crippen LogP contribution in [0.1, 0.15) is 17.3 Å². The Morgan fingerprint density at radius 1 is 1.62 bits per heavy atom. The summed E-state index contributed by atoms with van der Waals surface area (Å²) >= 11 is 7.12. The number of rotatable bonds is 3. The van der Waals surface area contributed by atoms with Crippen LogP contribution in [0.4, 0.5) is 5.69 Å². The number of carboxylic acid groups (broad SMARTS) is 1. The van der Waals surface area contributed by atoms with Gasteiger partial charge in [0.15, 0.2) is 0 Å². The van der Waals surface area contributed by atoms with Crippen molar-refractivity contribution in [3.8, 4) is 0 Å². The molecule has 1 aliphatic rings. The first-order valence-corrected chi connectivity index (χ1v) is 7.22. The Balaban J connectivity index is 2.41. The van der Waals surface area contributed by atoms with E-state index >= 15 is 0 Å². The zero-order chi connectivity index (χ0) is 15.7. The highest BCUT2D eigenvalue weighted by molar-refractivity contribution is 8.00. The third-order valence-electron chi connectivity index (χ3n) is 3.01. The monoisotopic (exact) mass is 331 g/mol. The molecule has 0 radical (unpaired) electrons. The number of carbonyl (C=O) groups excluding carboxylic acids is 1. The Labute approximate surface area is 128 Å². The standard InChI is InChI=1S/C11H10ClN3O5S/c1-5-14(8(4-21-5)11(17)18)10(16)7-2-6(15(19)20)3-13-9(7)12/h2-3,5,8H,4H2,1H3,(H,17,18). The Morgan fingerprint density at radius 3 is 2.86 bits per heavy atom. The molecule has 1 fully saturated rings. The van der Waals surface area contributed by atoms with Gasteiger partial charge in [-0.25, -0.2) is 9.78 Å². The summed E-state index contributed by atoms with van der Waals surface area (Å²) in [5.74, 6) is -1.56. The number of carboxylic acids is 1. The number of aromatic nitrogens is 1. The maximum absolute atomic E-state index is 12.5. The topological polar surface area (TPSA) is 114 Å². The SMILES string of the molecule is CC1SCC(C(=O)O)N1C(=O)c1cc([N+](=O)[O-])cnc1Cl. The Hall–Kier alpha value is -1.87. The summed E-state index contributed by atoms with van der Waals surface area (Å²) in [6, 6.07) is 0.0135. The number of aliphatic carboxylic acids is 1. The summed E-state index contributed by atoms with van der Waals surface area (Å²) in [5.41, 5.74) is -0.555. The molecule has 2 atom stereocenters. The number of nitro groups is 1. The number of halogens is 1. The first kappa shape index (κ1) is 15.5. The molecule has 1 amide bonds. The summed E-state index contributed by atoms with van der Waals surface area (Å²) in [6.07, 6.45) is 0.940. The van der Waals surface area contributed by atoms with Crippen molar-refractivity contribution in [1.29, 1.82) is 0 Å². The Bertz CT molecular complexity index is 626. The molecule has 0 spiro atoms. The summed E-state index contributed by atoms with van der Waals surface area (Å²) in [7, 11) is 0. The van der Waals surface area contributed by atoms with E-state index in [0.29, 0.717) is 0 Å². The second kappa shape index (κ2) is 5.86. The molecule has 8 nitrogen and oxygen atoms in total. The molecule has 0 aliphatic carbocycles. The van der Waals surface area contributed by atoms with Crippen molar-refractivity contribution in [2.45, 2.75) is 18.3 Å². The van der Waals surface area contributed by atoms with E-state index in [4.69, 9.17) is 16.7 Å². The van der Waals surface area contributed by atoms with Gasteiger partial charge in [-0.3, -0.25) is 14.9 Å². The van der Waals surface area contributed by atoms with Crippen molar-refractivity contribution in [2.75, 3.05) is 5.75 Å². The highest BCUT2D eigenvalue weighted by Crippen LogP contribution is 2.32. The molecule has 1 N–H and O–H groups in total. The third kappa shape index (κ3) is 2.93. The average molecular weight is 332 g/mol. The lowest BCUT2D eigenvalue weighted by atomic mass is 10.2. The molecule has 1 saturated heterocycles. The smallest absolute Gasteiger partial charge is 0.327 e. The quantitative estimate of drug-likeness (QED) is 0.508. The number of hydrogen-bond acceptors (Lipinski definition) is 6. The van der Waals surface area contributed by atoms with E-state index in [-0.39, 0.29) is 27.5 Å². The van der Waals surface area contributed by atoms with Gasteiger partial charge in [-0.05, 0) is 6.92 Å². The minimum absolute atomic E-state index is 0.175. The lowest BCUT2D eigenvalue weighted by Gasteiger charge is -2.25. The summed E-state index contributed by atoms with van der Waals surface area (Å²) in [4.78, 5) is 38.5. The highest BCUT2D eigenvalue weighted by atomic mass is 35.5. The fraction of sp³-hybridized carbons (Fsp3) is 0.364. The van der Waals surface area contributed by atoms with Crippen LogP contribution in [-0.4, -0.2) is 49.0 Å². The van der Waals surface area contributed by atoms with Gasteiger partial charge in [0, 0.05) is 11.8 Å². The van der Waals surface area contributed by atoms with E-state index in [0.717, 1.165) is 17.2 Å². The van der Waals surface area contributed by atoms with Gasteiger partial charge < -0.3 is 10.0 Å². The second-order valence-electron chi connectivity index (χ2n) is 4.29. The molecule has 0 saturated carbocycles. The van der Waals surface area contributed by atoms with E-state index in [2.05, 4.69) is 4.98 Å². The zero-order valence-electron chi connectivity index (χ0n) is 10.7. The second-order valence-corrected chi connectivity index (χ2v) is 6.00. The number of thioether (sulfide) groups is 1. The zero-order valence-corrected chi connectivity index (χ0v) is 12.3. The van der Waals surface area contributed by atoms with Crippen LogP contribution in [0.5, 0.6) is 0 Å². The van der Waals surface area contributed by atoms with Crippen molar-refractivity contribution >= 4 is 40.9 Å². The van der Waals surface area contributed by atoms with Gasteiger partial charge in [0.25, 0.3) is 11.6 Å². The van der Waals surface area contributed by atoms with Crippen LogP contribution in [0.15, 0.2) is 12.3 Å². The van der Waals surface area contributed by atoms with E-state index < -0.39 is 22.8 Å². The molecule has 21 heavy (non-hydrogen) atoms. The summed E-state index contributed by atoms with van der Waals surface area (Å²) in [6.45, 7) is 1.68. The molecule has 1 aromatic rings. The van der Waals surface area contributed by atoms with Crippen molar-refractivity contribution in [2.24, 2.45) is 0 Å². The van der Waals surface area contributed by atoms with Crippen LogP contribution in [-0.2, 0) is 4.79 Å². The Kier molecular flexibility index (Phi) is 4.33. The van der Waals surface area contributed by atoms with E-state index in [1.807, 2.05) is 0 Å². The third-order valence-corrected chi connectivity index (χ3v) is 4.53. The molecule has 1 aliphatic heterocycles. The molecule has 1 aromatic heterocycles. The summed E-state index contributed by atoms with van der Waals surface area (Å²) < 4.78 is 0. The average Bonchev–Trinajstić information content (AvgIpc) is 2.80. The van der Waals surface area contributed by atoms with Crippen molar-refractivity contribution in [3.05, 3.63) is 33.1 Å². The van der Waals surface area contributed by atoms with Gasteiger partial charge in [-0.1, -0.05) is 11.6 Å². The lowest BCUT2D eigenvalue weighted by Crippen LogP contribution is -2.44. The van der Waals surface area contributed by atoms with Crippen molar-refractivity contribution in [3.63, 3.8) is 0 Å². The molecule has 10 heteroatoms. The number of pyridine rings is 1. The maximum Gasteiger partial charge on any atom is 0.327 e. The van der Waals surface area contributed by atoms with Gasteiger partial charge in [-0.2, -0.15) is 0 Å². The van der Waals surface area contributed by atoms with E-state index in [1.165, 1.54) is 11.8 Å². The first-order chi connectivity index (χ1) is 9.82. The minimum atomic E-state index is -1.13. The predicted molar refractivity (Wildman–Crippen MR) is 75.4 cm³/mol. The Morgan fingerprint density at radius 2 is 2.29 bits per heavy atom. The number of amides is 1. The molecule has 2 heterocycles. The number of hydrogen-bond donors (Lipinski definition) is 1. The molecule has 0 bridgehead atoms. The fourth-order valence-electron chi connectivity index (χ4n) is 1.97. The normalized spacial score (nSPS) is 21.3. The van der Waals surface area contributed by atoms with Crippen LogP contribution < -0.4 is 0 Å². The number of nitrogens with zero attached hydrogens (tertiary/aromatic N) is 3. The van der Waals surface area contributed by atoms with Crippen LogP contribution in [0, 0.1) is 10.1 Å². The number of carbonyl (C=O) groups is 2. The van der Waals surface area contributed by atoms with Gasteiger partial charge in [0.1, 0.15) is 17.4 Å². The predicted octanol–water partition coefficient (Wildman–Crippen LogP) is 1.63. The molecular weight excluding hydrogens is 322 g/mol. The van der Waals surface area contributed by atoms with E-state index in [1.54, 1.807) is 6.92 Å². The summed E-state index contributed by atoms with van der Waals surface area (Å²) in [5, 5.41) is 19.3. The van der Waals surface area contributed by atoms with Gasteiger partial charge in [0.2, 0.25) is 0 Å². The minimum Gasteiger partial charge on any atom is -0.480 e. The maximum atomic E-state index is 12.5. The van der Waals surface area contributed by atoms with Crippen LogP contribution in [0.3, 0.4) is 0 Å². The molecular formula is C11H10ClN3O5S. The van der Waals surface area contributed by atoms with E-state index in [9.17, 15) is 19.7 Å². The molecule has 112 valence electrons. The van der Waals surface area contributed by atoms with Gasteiger partial charge >= 0.3 is 5.97 Å². The molecule has 0 aromatic carbocycles. The molecule has 2 rings (SSSR count). The fourth-order valence-corrected chi connectivity index (χ4v) is 3.32. The first-order valence-electron chi connectivity index (χ1n) is 5.80. The van der Waals surface area contributed by atoms with Crippen molar-refractivity contribution < 1.29 is 19.6 Å². The lowest BCUT2D eigenvalue weighted by molar-refractivity contribution is -0.385. The van der Waals surface area contributed by atoms with Crippen molar-refractivity contribution in [1.82, 2.24) is 9.88 Å². The largest absolute Gasteiger partial charge is 0.480 e. The van der Waals surface area contributed by atoms with Crippen LogP contribution in [0.2, 0.25) is 5.15 Å².